The molecule has 0 aliphatic heterocycles. The van der Waals surface area contributed by atoms with Gasteiger partial charge in [0.15, 0.2) is 0 Å². The molecule has 0 aromatic heterocycles. The van der Waals surface area contributed by atoms with E-state index in [9.17, 15) is 19.5 Å². The number of ether oxygens (including phenoxy) is 2. The summed E-state index contributed by atoms with van der Waals surface area (Å²) >= 11 is 0. The Morgan fingerprint density at radius 2 is 1.55 bits per heavy atom. The minimum Gasteiger partial charge on any atom is -0.481 e. The summed E-state index contributed by atoms with van der Waals surface area (Å²) < 4.78 is 11.6. The Balaban J connectivity index is 1.56. The van der Waals surface area contributed by atoms with E-state index in [1.807, 2.05) is 0 Å². The Morgan fingerprint density at radius 1 is 0.875 bits per heavy atom. The lowest BCUT2D eigenvalue weighted by Crippen LogP contribution is -2.66. The van der Waals surface area contributed by atoms with Gasteiger partial charge in [0.1, 0.15) is 12.7 Å². The molecule has 0 aromatic carbocycles. The van der Waals surface area contributed by atoms with E-state index >= 15 is 0 Å². The number of carbonyl (C=O) groups is 3. The van der Waals surface area contributed by atoms with Gasteiger partial charge in [-0.05, 0) is 104 Å². The van der Waals surface area contributed by atoms with Crippen molar-refractivity contribution in [2.75, 3.05) is 6.61 Å². The van der Waals surface area contributed by atoms with Gasteiger partial charge >= 0.3 is 17.9 Å². The number of carbonyl (C=O) groups excluding carboxylic acids is 2. The first-order valence-corrected chi connectivity index (χ1v) is 15.7. The van der Waals surface area contributed by atoms with E-state index in [4.69, 9.17) is 9.47 Å². The molecule has 1 N–H and O–H groups in total. The molecule has 6 heteroatoms. The molecule has 5 rings (SSSR count). The molecule has 0 heterocycles. The second-order valence-corrected chi connectivity index (χ2v) is 16.1. The topological polar surface area (TPSA) is 89.9 Å². The summed E-state index contributed by atoms with van der Waals surface area (Å²) in [7, 11) is 0. The van der Waals surface area contributed by atoms with Crippen molar-refractivity contribution in [1.82, 2.24) is 0 Å². The number of hydrogen-bond acceptors (Lipinski definition) is 5. The first kappa shape index (κ1) is 29.6. The van der Waals surface area contributed by atoms with Crippen LogP contribution in [0.25, 0.3) is 0 Å². The van der Waals surface area contributed by atoms with Crippen molar-refractivity contribution in [2.45, 2.75) is 126 Å². The average Bonchev–Trinajstić information content (AvgIpc) is 2.84. The predicted molar refractivity (Wildman–Crippen MR) is 153 cm³/mol. The van der Waals surface area contributed by atoms with E-state index in [1.54, 1.807) is 0 Å². The van der Waals surface area contributed by atoms with Crippen LogP contribution in [0.3, 0.4) is 0 Å². The Labute approximate surface area is 241 Å². The monoisotopic (exact) mass is 556 g/mol. The molecule has 0 spiro atoms. The molecule has 0 bridgehead atoms. The number of aliphatic carboxylic acids is 1. The minimum atomic E-state index is -0.629. The second kappa shape index (κ2) is 9.33. The van der Waals surface area contributed by atoms with Crippen LogP contribution in [0.2, 0.25) is 0 Å². The number of carboxylic acids is 1. The van der Waals surface area contributed by atoms with Crippen molar-refractivity contribution in [2.24, 2.45) is 50.2 Å². The maximum absolute atomic E-state index is 12.9. The van der Waals surface area contributed by atoms with E-state index in [2.05, 4.69) is 47.6 Å². The first-order chi connectivity index (χ1) is 18.5. The van der Waals surface area contributed by atoms with Crippen LogP contribution in [-0.4, -0.2) is 35.7 Å². The molecule has 0 amide bonds. The van der Waals surface area contributed by atoms with Gasteiger partial charge in [-0.3, -0.25) is 14.4 Å². The third-order valence-corrected chi connectivity index (χ3v) is 13.7. The highest BCUT2D eigenvalue weighted by molar-refractivity contribution is 5.76. The Morgan fingerprint density at radius 3 is 2.17 bits per heavy atom. The standard InChI is InChI=1S/C34H52O6/c1-21(35)39-20-31(6)25-11-14-33(8)26(30(25,5)13-12-27(31)40-22(2)36)10-9-23-24-19-29(3,4)15-17-34(24,28(37)38)18-16-32(23,33)7/h9,24-27H,10-20H2,1-8H3,(H,37,38)/t24?,25?,26?,27-,30-,31+,32+,33+,34-/m0/s1. The van der Waals surface area contributed by atoms with Crippen LogP contribution < -0.4 is 0 Å². The molecule has 0 radical (unpaired) electrons. The molecule has 9 atom stereocenters. The Hall–Kier alpha value is -1.85. The molecule has 3 unspecified atom stereocenters. The number of fused-ring (bicyclic) bond motifs is 7. The Bertz CT molecular complexity index is 1120. The van der Waals surface area contributed by atoms with Crippen molar-refractivity contribution < 1.29 is 29.0 Å². The van der Waals surface area contributed by atoms with Crippen molar-refractivity contribution in [1.29, 1.82) is 0 Å². The fourth-order valence-electron chi connectivity index (χ4n) is 11.3. The van der Waals surface area contributed by atoms with E-state index in [-0.39, 0.29) is 58.1 Å². The van der Waals surface area contributed by atoms with E-state index in [1.165, 1.54) is 19.4 Å². The van der Waals surface area contributed by atoms with Gasteiger partial charge < -0.3 is 14.6 Å². The van der Waals surface area contributed by atoms with Crippen molar-refractivity contribution in [3.05, 3.63) is 11.6 Å². The van der Waals surface area contributed by atoms with Crippen LogP contribution in [-0.2, 0) is 23.9 Å². The molecule has 40 heavy (non-hydrogen) atoms. The van der Waals surface area contributed by atoms with Gasteiger partial charge in [0.05, 0.1) is 5.41 Å². The van der Waals surface area contributed by atoms with Gasteiger partial charge in [0, 0.05) is 19.3 Å². The first-order valence-electron chi connectivity index (χ1n) is 15.7. The number of esters is 2. The van der Waals surface area contributed by atoms with Gasteiger partial charge in [-0.15, -0.1) is 0 Å². The van der Waals surface area contributed by atoms with Crippen LogP contribution in [0, 0.1) is 50.2 Å². The quantitative estimate of drug-likeness (QED) is 0.288. The smallest absolute Gasteiger partial charge is 0.310 e. The lowest BCUT2D eigenvalue weighted by molar-refractivity contribution is -0.226. The highest BCUT2D eigenvalue weighted by Crippen LogP contribution is 2.76. The van der Waals surface area contributed by atoms with Crippen molar-refractivity contribution >= 4 is 17.9 Å². The molecule has 4 fully saturated rings. The van der Waals surface area contributed by atoms with Crippen LogP contribution in [0.5, 0.6) is 0 Å². The Kier molecular flexibility index (Phi) is 6.91. The third-order valence-electron chi connectivity index (χ3n) is 13.7. The largest absolute Gasteiger partial charge is 0.481 e. The number of hydrogen-bond donors (Lipinski definition) is 1. The highest BCUT2D eigenvalue weighted by Gasteiger charge is 2.70. The lowest BCUT2D eigenvalue weighted by Gasteiger charge is -2.71. The fraction of sp³-hybridized carbons (Fsp3) is 0.853. The molecule has 0 saturated heterocycles. The summed E-state index contributed by atoms with van der Waals surface area (Å²) in [5.41, 5.74) is 0.510. The van der Waals surface area contributed by atoms with Gasteiger partial charge in [-0.2, -0.15) is 0 Å². The second-order valence-electron chi connectivity index (χ2n) is 16.1. The molecule has 6 nitrogen and oxygen atoms in total. The molecule has 5 aliphatic carbocycles. The summed E-state index contributed by atoms with van der Waals surface area (Å²) in [6, 6.07) is 0. The van der Waals surface area contributed by atoms with Crippen molar-refractivity contribution in [3.63, 3.8) is 0 Å². The normalized spacial score (nSPS) is 47.4. The van der Waals surface area contributed by atoms with Crippen LogP contribution >= 0.6 is 0 Å². The number of allylic oxidation sites excluding steroid dienone is 2. The van der Waals surface area contributed by atoms with Gasteiger partial charge in [0.2, 0.25) is 0 Å². The average molecular weight is 557 g/mol. The molecular formula is C34H52O6. The van der Waals surface area contributed by atoms with Crippen LogP contribution in [0.15, 0.2) is 11.6 Å². The fourth-order valence-corrected chi connectivity index (χ4v) is 11.3. The molecule has 224 valence electrons. The third kappa shape index (κ3) is 4.04. The summed E-state index contributed by atoms with van der Waals surface area (Å²) in [4.78, 5) is 36.9. The van der Waals surface area contributed by atoms with Crippen LogP contribution in [0.1, 0.15) is 120 Å². The molecule has 5 aliphatic rings. The van der Waals surface area contributed by atoms with Gasteiger partial charge in [-0.25, -0.2) is 0 Å². The lowest BCUT2D eigenvalue weighted by atomic mass is 9.33. The van der Waals surface area contributed by atoms with Gasteiger partial charge in [-0.1, -0.05) is 53.2 Å². The zero-order chi connectivity index (χ0) is 29.5. The summed E-state index contributed by atoms with van der Waals surface area (Å²) in [6.45, 7) is 17.4. The van der Waals surface area contributed by atoms with E-state index in [0.29, 0.717) is 5.92 Å². The van der Waals surface area contributed by atoms with Gasteiger partial charge in [0.25, 0.3) is 0 Å². The SMILES string of the molecule is CC(=O)OC[C@]1(C)C2CC[C@]3(C)C(CC=C4C5CC(C)(C)CC[C@]5(C(=O)O)CC[C@]43C)[C@@]2(C)CC[C@@H]1OC(C)=O. The van der Waals surface area contributed by atoms with E-state index in [0.717, 1.165) is 64.2 Å². The maximum atomic E-state index is 12.9. The van der Waals surface area contributed by atoms with Crippen molar-refractivity contribution in [3.8, 4) is 0 Å². The summed E-state index contributed by atoms with van der Waals surface area (Å²) in [6.07, 6.45) is 11.3. The zero-order valence-corrected chi connectivity index (χ0v) is 26.2. The zero-order valence-electron chi connectivity index (χ0n) is 26.2. The summed E-state index contributed by atoms with van der Waals surface area (Å²) in [5, 5.41) is 10.6. The predicted octanol–water partition coefficient (Wildman–Crippen LogP) is 7.35. The minimum absolute atomic E-state index is 0.00322. The number of rotatable bonds is 4. The molecule has 4 saturated carbocycles. The van der Waals surface area contributed by atoms with E-state index < -0.39 is 16.8 Å². The molecular weight excluding hydrogens is 504 g/mol. The highest BCUT2D eigenvalue weighted by atomic mass is 16.6. The van der Waals surface area contributed by atoms with Crippen LogP contribution in [0.4, 0.5) is 0 Å². The summed E-state index contributed by atoms with van der Waals surface area (Å²) in [5.74, 6) is -0.386. The maximum Gasteiger partial charge on any atom is 0.310 e. The molecule has 0 aromatic rings. The number of carboxylic acid groups (broad SMARTS) is 1.